The molecule has 0 radical (unpaired) electrons. The van der Waals surface area contributed by atoms with Crippen LogP contribution in [0.1, 0.15) is 44.7 Å². The van der Waals surface area contributed by atoms with E-state index in [1.54, 1.807) is 37.9 Å². The Bertz CT molecular complexity index is 829. The number of nitrogens with two attached hydrogens (primary N) is 1. The molecular weight excluding hydrogens is 393 g/mol. The van der Waals surface area contributed by atoms with E-state index >= 15 is 0 Å². The van der Waals surface area contributed by atoms with Gasteiger partial charge in [-0.05, 0) is 38.3 Å². The Kier molecular flexibility index (Phi) is 6.09. The van der Waals surface area contributed by atoms with Crippen LogP contribution in [0.5, 0.6) is 0 Å². The van der Waals surface area contributed by atoms with Crippen LogP contribution in [-0.4, -0.2) is 44.2 Å². The Morgan fingerprint density at radius 3 is 2.60 bits per heavy atom. The van der Waals surface area contributed by atoms with Crippen LogP contribution in [0.4, 0.5) is 24.5 Å². The lowest BCUT2D eigenvalue weighted by atomic mass is 9.92. The molecule has 1 aromatic carbocycles. The summed E-state index contributed by atoms with van der Waals surface area (Å²) in [6.45, 7) is 7.42. The molecule has 0 unspecified atom stereocenters. The van der Waals surface area contributed by atoms with Gasteiger partial charge in [-0.3, -0.25) is 4.79 Å². The maximum atomic E-state index is 13.6. The lowest BCUT2D eigenvalue weighted by molar-refractivity contribution is -0.137. The van der Waals surface area contributed by atoms with Gasteiger partial charge in [0.1, 0.15) is 0 Å². The Labute approximate surface area is 176 Å². The number of nitrogens with zero attached hydrogens (tertiary/aromatic N) is 2. The topological polar surface area (TPSA) is 61.6 Å². The zero-order valence-corrected chi connectivity index (χ0v) is 18.0. The Morgan fingerprint density at radius 1 is 1.27 bits per heavy atom. The lowest BCUT2D eigenvalue weighted by Gasteiger charge is -2.40. The smallest absolute Gasteiger partial charge is 0.370 e. The fraction of sp³-hybridized carbons (Fsp3) is 0.591. The minimum absolute atomic E-state index is 0.0770. The van der Waals surface area contributed by atoms with Gasteiger partial charge in [0.05, 0.1) is 11.3 Å². The number of carbonyl (C=O) groups excluding carboxylic acids is 1. The number of carbonyl (C=O) groups is 1. The molecule has 8 heteroatoms. The molecule has 3 rings (SSSR count). The van der Waals surface area contributed by atoms with Crippen molar-refractivity contribution in [2.75, 3.05) is 36.5 Å². The molecular formula is C22H31F3N4O. The van der Waals surface area contributed by atoms with Gasteiger partial charge in [0.15, 0.2) is 0 Å². The molecule has 2 heterocycles. The summed E-state index contributed by atoms with van der Waals surface area (Å²) in [6.07, 6.45) is 0.293. The van der Waals surface area contributed by atoms with Crippen molar-refractivity contribution >= 4 is 23.4 Å². The summed E-state index contributed by atoms with van der Waals surface area (Å²) in [5, 5.41) is 3.06. The first-order chi connectivity index (χ1) is 13.8. The van der Waals surface area contributed by atoms with E-state index in [0.29, 0.717) is 18.7 Å². The maximum Gasteiger partial charge on any atom is 0.418 e. The molecule has 166 valence electrons. The van der Waals surface area contributed by atoms with Crippen LogP contribution in [0.25, 0.3) is 6.08 Å². The minimum Gasteiger partial charge on any atom is -0.370 e. The molecule has 2 atom stereocenters. The Balaban J connectivity index is 1.89. The Hall–Kier alpha value is -2.22. The first-order valence-corrected chi connectivity index (χ1v) is 10.3. The van der Waals surface area contributed by atoms with Gasteiger partial charge in [-0.15, -0.1) is 0 Å². The predicted molar refractivity (Wildman–Crippen MR) is 115 cm³/mol. The first kappa shape index (κ1) is 22.5. The zero-order chi connectivity index (χ0) is 22.3. The number of anilines is 2. The summed E-state index contributed by atoms with van der Waals surface area (Å²) in [4.78, 5) is 16.1. The SMILES string of the molecule is C[C@H]1C[C@@H](NC(=O)CC(C)(C)N)CN(c2ccc(C(F)(F)F)c3c2C=CCN3C)C1. The van der Waals surface area contributed by atoms with Crippen LogP contribution in [-0.2, 0) is 11.0 Å². The number of alkyl halides is 3. The molecule has 2 aliphatic rings. The molecule has 3 N–H and O–H groups in total. The van der Waals surface area contributed by atoms with E-state index in [4.69, 9.17) is 5.73 Å². The minimum atomic E-state index is -4.41. The molecule has 0 bridgehead atoms. The van der Waals surface area contributed by atoms with Gasteiger partial charge in [0.25, 0.3) is 0 Å². The molecule has 0 saturated carbocycles. The van der Waals surface area contributed by atoms with Gasteiger partial charge in [-0.2, -0.15) is 13.2 Å². The van der Waals surface area contributed by atoms with Crippen molar-refractivity contribution in [3.05, 3.63) is 29.3 Å². The molecule has 1 saturated heterocycles. The van der Waals surface area contributed by atoms with Crippen molar-refractivity contribution < 1.29 is 18.0 Å². The monoisotopic (exact) mass is 424 g/mol. The summed E-state index contributed by atoms with van der Waals surface area (Å²) in [5.74, 6) is 0.189. The average Bonchev–Trinajstić information content (AvgIpc) is 2.58. The summed E-state index contributed by atoms with van der Waals surface area (Å²) in [6, 6.07) is 2.66. The normalized spacial score (nSPS) is 22.1. The van der Waals surface area contributed by atoms with Crippen LogP contribution in [0, 0.1) is 5.92 Å². The number of rotatable bonds is 4. The summed E-state index contributed by atoms with van der Waals surface area (Å²) in [5.41, 5.74) is 6.31. The number of amides is 1. The maximum absolute atomic E-state index is 13.6. The molecule has 30 heavy (non-hydrogen) atoms. The average molecular weight is 425 g/mol. The fourth-order valence-electron chi connectivity index (χ4n) is 4.44. The van der Waals surface area contributed by atoms with E-state index in [1.165, 1.54) is 6.07 Å². The second-order valence-electron chi connectivity index (χ2n) is 9.35. The number of benzene rings is 1. The van der Waals surface area contributed by atoms with Crippen LogP contribution in [0.15, 0.2) is 18.2 Å². The van der Waals surface area contributed by atoms with Crippen LogP contribution >= 0.6 is 0 Å². The van der Waals surface area contributed by atoms with Crippen molar-refractivity contribution in [1.29, 1.82) is 0 Å². The highest BCUT2D eigenvalue weighted by atomic mass is 19.4. The van der Waals surface area contributed by atoms with E-state index in [1.807, 2.05) is 6.08 Å². The zero-order valence-electron chi connectivity index (χ0n) is 18.0. The van der Waals surface area contributed by atoms with E-state index in [9.17, 15) is 18.0 Å². The van der Waals surface area contributed by atoms with Gasteiger partial charge < -0.3 is 20.9 Å². The third kappa shape index (κ3) is 5.09. The van der Waals surface area contributed by atoms with Crippen molar-refractivity contribution in [3.8, 4) is 0 Å². The molecule has 0 aliphatic carbocycles. The van der Waals surface area contributed by atoms with Crippen LogP contribution in [0.2, 0.25) is 0 Å². The molecule has 1 aromatic rings. The predicted octanol–water partition coefficient (Wildman–Crippen LogP) is 3.63. The molecule has 5 nitrogen and oxygen atoms in total. The van der Waals surface area contributed by atoms with Crippen LogP contribution < -0.4 is 20.9 Å². The summed E-state index contributed by atoms with van der Waals surface area (Å²) in [7, 11) is 1.68. The summed E-state index contributed by atoms with van der Waals surface area (Å²) >= 11 is 0. The van der Waals surface area contributed by atoms with Gasteiger partial charge in [0, 0.05) is 55.9 Å². The standard InChI is InChI=1S/C22H31F3N4O/c1-14-10-15(27-19(30)11-21(2,3)26)13-29(12-14)18-8-7-17(22(23,24)25)20-16(18)6-5-9-28(20)4/h5-8,14-15H,9-13,26H2,1-4H3,(H,27,30)/t14-,15+/m0/s1. The van der Waals surface area contributed by atoms with Crippen LogP contribution in [0.3, 0.4) is 0 Å². The highest BCUT2D eigenvalue weighted by Gasteiger charge is 2.37. The highest BCUT2D eigenvalue weighted by molar-refractivity contribution is 5.84. The number of hydrogen-bond acceptors (Lipinski definition) is 4. The Morgan fingerprint density at radius 2 is 1.97 bits per heavy atom. The van der Waals surface area contributed by atoms with Gasteiger partial charge in [-0.25, -0.2) is 0 Å². The van der Waals surface area contributed by atoms with Gasteiger partial charge in [-0.1, -0.05) is 19.1 Å². The lowest BCUT2D eigenvalue weighted by Crippen LogP contribution is -2.52. The van der Waals surface area contributed by atoms with Crippen molar-refractivity contribution in [2.24, 2.45) is 11.7 Å². The number of piperidine rings is 1. The molecule has 0 spiro atoms. The molecule has 2 aliphatic heterocycles. The number of halogens is 3. The van der Waals surface area contributed by atoms with E-state index in [2.05, 4.69) is 17.1 Å². The molecule has 1 amide bonds. The largest absolute Gasteiger partial charge is 0.418 e. The van der Waals surface area contributed by atoms with Crippen molar-refractivity contribution in [2.45, 2.75) is 51.4 Å². The van der Waals surface area contributed by atoms with Crippen molar-refractivity contribution in [1.82, 2.24) is 5.32 Å². The molecule has 0 aromatic heterocycles. The first-order valence-electron chi connectivity index (χ1n) is 10.3. The van der Waals surface area contributed by atoms with E-state index in [-0.39, 0.29) is 30.0 Å². The third-order valence-electron chi connectivity index (χ3n) is 5.53. The highest BCUT2D eigenvalue weighted by Crippen LogP contribution is 2.44. The number of fused-ring (bicyclic) bond motifs is 1. The molecule has 1 fully saturated rings. The fourth-order valence-corrected chi connectivity index (χ4v) is 4.44. The van der Waals surface area contributed by atoms with E-state index in [0.717, 1.165) is 18.7 Å². The quantitative estimate of drug-likeness (QED) is 0.775. The second-order valence-corrected chi connectivity index (χ2v) is 9.35. The second kappa shape index (κ2) is 8.13. The number of nitrogens with one attached hydrogen (secondary N) is 1. The summed E-state index contributed by atoms with van der Waals surface area (Å²) < 4.78 is 40.8. The number of hydrogen-bond donors (Lipinski definition) is 2. The van der Waals surface area contributed by atoms with Crippen molar-refractivity contribution in [3.63, 3.8) is 0 Å². The van der Waals surface area contributed by atoms with Gasteiger partial charge in [0.2, 0.25) is 5.91 Å². The third-order valence-corrected chi connectivity index (χ3v) is 5.53. The number of likely N-dealkylation sites (N-methyl/N-ethyl adjacent to an activating group) is 1. The van der Waals surface area contributed by atoms with E-state index < -0.39 is 17.3 Å². The van der Waals surface area contributed by atoms with Gasteiger partial charge >= 0.3 is 6.18 Å².